The fourth-order valence-corrected chi connectivity index (χ4v) is 7.23. The summed E-state index contributed by atoms with van der Waals surface area (Å²) in [7, 11) is 0. The molecule has 3 fully saturated rings. The number of unbranched alkanes of at least 4 members (excludes halogenated alkanes) is 2. The minimum Gasteiger partial charge on any atom is -0.480 e. The maximum absolute atomic E-state index is 13.9. The van der Waals surface area contributed by atoms with Crippen LogP contribution in [0.2, 0.25) is 0 Å². The Bertz CT molecular complexity index is 1380. The molecule has 1 spiro atoms. The van der Waals surface area contributed by atoms with Gasteiger partial charge in [0.05, 0.1) is 6.10 Å². The number of carboxylic acids is 1. The number of aliphatic carboxylic acids is 1. The van der Waals surface area contributed by atoms with Crippen LogP contribution < -0.4 is 15.4 Å². The Kier molecular flexibility index (Phi) is 11.5. The standard InChI is InChI=1S/C36H48N4O7/c1-2-3-7-20-40-34(45)31(32(43)26-8-5-4-6-9-26)38-35(46)36(40)18-21-39(22-19-36)24-25-10-14-28(15-11-25)47-29-16-12-27(13-17-29)33(44)37-23-30(41)42/h10-17,26,31-32,43H,2-9,18-24H2,1H3,(H,37,44)(H,38,46)(H,41,42)/t31-,32-/m1/s1. The first-order chi connectivity index (χ1) is 22.7. The molecule has 2 atom stereocenters. The minimum absolute atomic E-state index is 0.0498. The molecular weight excluding hydrogens is 600 g/mol. The zero-order valence-electron chi connectivity index (χ0n) is 27.3. The van der Waals surface area contributed by atoms with Crippen molar-refractivity contribution in [2.24, 2.45) is 5.92 Å². The van der Waals surface area contributed by atoms with Gasteiger partial charge in [0.25, 0.3) is 5.91 Å². The van der Waals surface area contributed by atoms with E-state index in [-0.39, 0.29) is 17.7 Å². The molecule has 3 aliphatic rings. The maximum atomic E-state index is 13.9. The third-order valence-electron chi connectivity index (χ3n) is 9.98. The predicted octanol–water partition coefficient (Wildman–Crippen LogP) is 4.09. The normalized spacial score (nSPS) is 20.9. The molecule has 47 heavy (non-hydrogen) atoms. The van der Waals surface area contributed by atoms with Gasteiger partial charge < -0.3 is 30.5 Å². The van der Waals surface area contributed by atoms with Gasteiger partial charge in [0.1, 0.15) is 29.6 Å². The number of carbonyl (C=O) groups excluding carboxylic acids is 3. The highest BCUT2D eigenvalue weighted by atomic mass is 16.5. The van der Waals surface area contributed by atoms with Gasteiger partial charge in [-0.3, -0.25) is 24.1 Å². The molecule has 2 heterocycles. The van der Waals surface area contributed by atoms with E-state index >= 15 is 0 Å². The van der Waals surface area contributed by atoms with E-state index in [1.165, 1.54) is 0 Å². The molecule has 0 bridgehead atoms. The zero-order valence-corrected chi connectivity index (χ0v) is 27.3. The first-order valence-electron chi connectivity index (χ1n) is 17.1. The monoisotopic (exact) mass is 648 g/mol. The molecule has 1 saturated carbocycles. The second-order valence-corrected chi connectivity index (χ2v) is 13.2. The van der Waals surface area contributed by atoms with E-state index in [0.717, 1.165) is 56.9 Å². The molecular formula is C36H48N4O7. The highest BCUT2D eigenvalue weighted by Gasteiger charge is 2.55. The molecule has 1 aliphatic carbocycles. The Hall–Kier alpha value is -3.96. The summed E-state index contributed by atoms with van der Waals surface area (Å²) in [5.41, 5.74) is 0.556. The van der Waals surface area contributed by atoms with Gasteiger partial charge in [-0.15, -0.1) is 0 Å². The largest absolute Gasteiger partial charge is 0.480 e. The van der Waals surface area contributed by atoms with Crippen LogP contribution in [0.4, 0.5) is 0 Å². The van der Waals surface area contributed by atoms with E-state index in [2.05, 4.69) is 22.5 Å². The van der Waals surface area contributed by atoms with Crippen molar-refractivity contribution in [3.63, 3.8) is 0 Å². The number of carboxylic acid groups (broad SMARTS) is 1. The second kappa shape index (κ2) is 15.8. The van der Waals surface area contributed by atoms with Gasteiger partial charge in [-0.25, -0.2) is 0 Å². The summed E-state index contributed by atoms with van der Waals surface area (Å²) in [6.07, 6.45) is 8.17. The Morgan fingerprint density at radius 1 is 0.979 bits per heavy atom. The molecule has 2 aliphatic heterocycles. The number of nitrogens with one attached hydrogen (secondary N) is 2. The lowest BCUT2D eigenvalue weighted by Crippen LogP contribution is -2.75. The fraction of sp³-hybridized carbons (Fsp3) is 0.556. The average molecular weight is 649 g/mol. The lowest BCUT2D eigenvalue weighted by Gasteiger charge is -2.52. The quantitative estimate of drug-likeness (QED) is 0.238. The number of ether oxygens (including phenoxy) is 1. The van der Waals surface area contributed by atoms with Gasteiger partial charge in [-0.05, 0) is 80.0 Å². The number of piperidine rings is 1. The van der Waals surface area contributed by atoms with Gasteiger partial charge in [0.15, 0.2) is 0 Å². The second-order valence-electron chi connectivity index (χ2n) is 13.2. The van der Waals surface area contributed by atoms with Crippen molar-refractivity contribution in [1.82, 2.24) is 20.4 Å². The number of nitrogens with zero attached hydrogens (tertiary/aromatic N) is 2. The first-order valence-corrected chi connectivity index (χ1v) is 17.1. The summed E-state index contributed by atoms with van der Waals surface area (Å²) in [6.45, 7) is 4.26. The molecule has 11 nitrogen and oxygen atoms in total. The SMILES string of the molecule is CCCCCN1C(=O)[C@@H]([C@H](O)C2CCCCC2)NC(=O)C12CCN(Cc1ccc(Oc3ccc(C(=O)NCC(=O)O)cc3)cc1)CC2. The zero-order chi connectivity index (χ0) is 33.4. The predicted molar refractivity (Wildman–Crippen MR) is 176 cm³/mol. The van der Waals surface area contributed by atoms with Crippen molar-refractivity contribution in [2.75, 3.05) is 26.2 Å². The summed E-state index contributed by atoms with van der Waals surface area (Å²) in [5.74, 6) is -0.589. The Balaban J connectivity index is 1.17. The lowest BCUT2D eigenvalue weighted by atomic mass is 9.78. The van der Waals surface area contributed by atoms with Crippen LogP contribution in [0, 0.1) is 5.92 Å². The molecule has 2 saturated heterocycles. The molecule has 0 radical (unpaired) electrons. The lowest BCUT2D eigenvalue weighted by molar-refractivity contribution is -0.166. The summed E-state index contributed by atoms with van der Waals surface area (Å²) < 4.78 is 5.93. The van der Waals surface area contributed by atoms with E-state index < -0.39 is 36.1 Å². The van der Waals surface area contributed by atoms with E-state index in [1.54, 1.807) is 24.3 Å². The Morgan fingerprint density at radius 3 is 2.23 bits per heavy atom. The van der Waals surface area contributed by atoms with Crippen LogP contribution in [0.3, 0.4) is 0 Å². The van der Waals surface area contributed by atoms with Gasteiger partial charge in [-0.2, -0.15) is 0 Å². The van der Waals surface area contributed by atoms with E-state index in [9.17, 15) is 24.3 Å². The van der Waals surface area contributed by atoms with Gasteiger partial charge >= 0.3 is 5.97 Å². The van der Waals surface area contributed by atoms with Gasteiger partial charge in [0, 0.05) is 31.7 Å². The number of aliphatic hydroxyl groups excluding tert-OH is 1. The van der Waals surface area contributed by atoms with Crippen molar-refractivity contribution < 1.29 is 34.1 Å². The van der Waals surface area contributed by atoms with Crippen LogP contribution in [-0.4, -0.2) is 87.6 Å². The van der Waals surface area contributed by atoms with Gasteiger partial charge in [-0.1, -0.05) is 51.2 Å². The van der Waals surface area contributed by atoms with Crippen LogP contribution in [0.5, 0.6) is 11.5 Å². The van der Waals surface area contributed by atoms with Crippen molar-refractivity contribution in [1.29, 1.82) is 0 Å². The Labute approximate surface area is 276 Å². The molecule has 5 rings (SSSR count). The highest BCUT2D eigenvalue weighted by Crippen LogP contribution is 2.36. The number of amides is 3. The number of piperazine rings is 1. The van der Waals surface area contributed by atoms with Crippen LogP contribution >= 0.6 is 0 Å². The molecule has 3 amide bonds. The topological polar surface area (TPSA) is 149 Å². The van der Waals surface area contributed by atoms with Crippen molar-refractivity contribution in [3.8, 4) is 11.5 Å². The molecule has 2 aromatic rings. The average Bonchev–Trinajstić information content (AvgIpc) is 3.09. The number of rotatable bonds is 13. The Morgan fingerprint density at radius 2 is 1.62 bits per heavy atom. The van der Waals surface area contributed by atoms with E-state index in [0.29, 0.717) is 56.1 Å². The van der Waals surface area contributed by atoms with Crippen molar-refractivity contribution in [2.45, 2.75) is 95.4 Å². The number of hydrogen-bond donors (Lipinski definition) is 4. The summed E-state index contributed by atoms with van der Waals surface area (Å²) >= 11 is 0. The number of likely N-dealkylation sites (tertiary alicyclic amines) is 1. The smallest absolute Gasteiger partial charge is 0.322 e. The summed E-state index contributed by atoms with van der Waals surface area (Å²) in [4.78, 5) is 54.6. The molecule has 4 N–H and O–H groups in total. The minimum atomic E-state index is -1.11. The number of benzene rings is 2. The number of aliphatic hydroxyl groups is 1. The van der Waals surface area contributed by atoms with Gasteiger partial charge in [0.2, 0.25) is 11.8 Å². The van der Waals surface area contributed by atoms with Crippen LogP contribution in [0.25, 0.3) is 0 Å². The van der Waals surface area contributed by atoms with E-state index in [4.69, 9.17) is 9.84 Å². The van der Waals surface area contributed by atoms with Crippen molar-refractivity contribution >= 4 is 23.7 Å². The first kappa shape index (κ1) is 34.4. The molecule has 0 aromatic heterocycles. The van der Waals surface area contributed by atoms with E-state index in [1.807, 2.05) is 29.2 Å². The summed E-state index contributed by atoms with van der Waals surface area (Å²) in [5, 5.41) is 25.3. The van der Waals surface area contributed by atoms with Crippen LogP contribution in [0.15, 0.2) is 48.5 Å². The van der Waals surface area contributed by atoms with Crippen LogP contribution in [0.1, 0.15) is 87.1 Å². The molecule has 0 unspecified atom stereocenters. The molecule has 11 heteroatoms. The maximum Gasteiger partial charge on any atom is 0.322 e. The van der Waals surface area contributed by atoms with Crippen molar-refractivity contribution in [3.05, 3.63) is 59.7 Å². The molecule has 254 valence electrons. The third-order valence-corrected chi connectivity index (χ3v) is 9.98. The number of hydrogen-bond acceptors (Lipinski definition) is 7. The summed E-state index contributed by atoms with van der Waals surface area (Å²) in [6, 6.07) is 13.4. The number of carbonyl (C=O) groups is 4. The van der Waals surface area contributed by atoms with Crippen LogP contribution in [-0.2, 0) is 20.9 Å². The highest BCUT2D eigenvalue weighted by molar-refractivity contribution is 6.00. The fourth-order valence-electron chi connectivity index (χ4n) is 7.23. The molecule has 2 aromatic carbocycles. The third kappa shape index (κ3) is 8.31.